The van der Waals surface area contributed by atoms with Crippen LogP contribution in [0.25, 0.3) is 0 Å². The molecule has 0 spiro atoms. The monoisotopic (exact) mass is 301 g/mol. The van der Waals surface area contributed by atoms with E-state index < -0.39 is 11.6 Å². The van der Waals surface area contributed by atoms with Gasteiger partial charge < -0.3 is 5.73 Å². The molecule has 6 heteroatoms. The summed E-state index contributed by atoms with van der Waals surface area (Å²) in [7, 11) is 0. The van der Waals surface area contributed by atoms with Gasteiger partial charge in [0.15, 0.2) is 11.6 Å². The highest BCUT2D eigenvalue weighted by Crippen LogP contribution is 2.21. The number of hydrogen-bond acceptors (Lipinski definition) is 3. The third kappa shape index (κ3) is 4.90. The van der Waals surface area contributed by atoms with E-state index in [0.29, 0.717) is 17.1 Å². The minimum Gasteiger partial charge on any atom is -0.402 e. The van der Waals surface area contributed by atoms with Crippen molar-refractivity contribution >= 4 is 23.2 Å². The van der Waals surface area contributed by atoms with E-state index in [1.807, 2.05) is 20.8 Å². The molecular weight excluding hydrogens is 284 g/mol. The van der Waals surface area contributed by atoms with Gasteiger partial charge in [-0.15, -0.1) is 0 Å². The van der Waals surface area contributed by atoms with Crippen LogP contribution < -0.4 is 10.6 Å². The first-order valence-corrected chi connectivity index (χ1v) is 6.45. The van der Waals surface area contributed by atoms with Gasteiger partial charge in [-0.05, 0) is 30.0 Å². The molecule has 3 N–H and O–H groups in total. The molecule has 0 fully saturated rings. The number of aliphatic imine (C=N–C) groups is 1. The van der Waals surface area contributed by atoms with Crippen LogP contribution in [0.1, 0.15) is 20.8 Å². The second-order valence-corrected chi connectivity index (χ2v) is 5.63. The average molecular weight is 302 g/mol. The number of allylic oxidation sites excluding steroid dienone is 1. The Morgan fingerprint density at radius 2 is 2.00 bits per heavy atom. The molecule has 3 nitrogen and oxygen atoms in total. The van der Waals surface area contributed by atoms with Crippen LogP contribution in [0.3, 0.4) is 0 Å². The first-order valence-electron chi connectivity index (χ1n) is 6.08. The predicted octanol–water partition coefficient (Wildman–Crippen LogP) is 3.67. The van der Waals surface area contributed by atoms with Gasteiger partial charge in [0.25, 0.3) is 0 Å². The lowest BCUT2D eigenvalue weighted by Gasteiger charge is -2.19. The fourth-order valence-electron chi connectivity index (χ4n) is 1.31. The lowest BCUT2D eigenvalue weighted by Crippen LogP contribution is -2.21. The Balaban J connectivity index is 3.12. The number of benzene rings is 1. The maximum Gasteiger partial charge on any atom is 0.160 e. The van der Waals surface area contributed by atoms with Crippen LogP contribution in [0.2, 0.25) is 0 Å². The first kappa shape index (κ1) is 16.6. The normalized spacial score (nSPS) is 13.7. The SMILES string of the molecule is CC(C)(C)C(N)=CC(CNCl)=Nc1ccc(F)c(F)c1. The Hall–Kier alpha value is -1.46. The standard InChI is InChI=1S/C14H18ClF2N3/c1-14(2,3)13(18)7-10(8-19-15)20-9-4-5-11(16)12(17)6-9/h4-7,19H,8,18H2,1-3H3. The van der Waals surface area contributed by atoms with E-state index in [1.54, 1.807) is 6.08 Å². The van der Waals surface area contributed by atoms with E-state index in [9.17, 15) is 8.78 Å². The van der Waals surface area contributed by atoms with Crippen LogP contribution in [-0.2, 0) is 0 Å². The maximum absolute atomic E-state index is 13.1. The molecule has 0 saturated carbocycles. The van der Waals surface area contributed by atoms with Crippen molar-refractivity contribution in [2.75, 3.05) is 6.54 Å². The predicted molar refractivity (Wildman–Crippen MR) is 79.0 cm³/mol. The highest BCUT2D eigenvalue weighted by atomic mass is 35.5. The molecule has 0 amide bonds. The lowest BCUT2D eigenvalue weighted by atomic mass is 9.91. The topological polar surface area (TPSA) is 50.4 Å². The largest absolute Gasteiger partial charge is 0.402 e. The summed E-state index contributed by atoms with van der Waals surface area (Å²) in [6.45, 7) is 6.13. The van der Waals surface area contributed by atoms with Crippen molar-refractivity contribution in [1.82, 2.24) is 4.84 Å². The molecule has 1 aromatic carbocycles. The summed E-state index contributed by atoms with van der Waals surface area (Å²) < 4.78 is 26.0. The summed E-state index contributed by atoms with van der Waals surface area (Å²) in [6, 6.07) is 3.43. The van der Waals surface area contributed by atoms with E-state index in [1.165, 1.54) is 6.07 Å². The summed E-state index contributed by atoms with van der Waals surface area (Å²) in [6.07, 6.45) is 1.68. The molecule has 0 bridgehead atoms. The van der Waals surface area contributed by atoms with Crippen molar-refractivity contribution in [2.24, 2.45) is 16.1 Å². The molecule has 1 aromatic rings. The van der Waals surface area contributed by atoms with Crippen molar-refractivity contribution in [2.45, 2.75) is 20.8 Å². The number of rotatable bonds is 4. The van der Waals surface area contributed by atoms with Gasteiger partial charge in [-0.2, -0.15) is 0 Å². The molecule has 0 atom stereocenters. The highest BCUT2D eigenvalue weighted by molar-refractivity contribution is 6.15. The summed E-state index contributed by atoms with van der Waals surface area (Å²) in [4.78, 5) is 6.65. The minimum absolute atomic E-state index is 0.221. The fraction of sp³-hybridized carbons (Fsp3) is 0.357. The zero-order chi connectivity index (χ0) is 15.3. The molecule has 0 radical (unpaired) electrons. The van der Waals surface area contributed by atoms with Crippen molar-refractivity contribution in [3.8, 4) is 0 Å². The third-order valence-corrected chi connectivity index (χ3v) is 2.75. The van der Waals surface area contributed by atoms with Crippen LogP contribution in [-0.4, -0.2) is 12.3 Å². The number of hydrogen-bond donors (Lipinski definition) is 2. The molecule has 0 saturated heterocycles. The second-order valence-electron chi connectivity index (χ2n) is 5.36. The average Bonchev–Trinajstić information content (AvgIpc) is 2.33. The van der Waals surface area contributed by atoms with Crippen molar-refractivity contribution in [3.63, 3.8) is 0 Å². The van der Waals surface area contributed by atoms with Crippen molar-refractivity contribution in [3.05, 3.63) is 41.6 Å². The first-order chi connectivity index (χ1) is 9.24. The molecule has 110 valence electrons. The Bertz CT molecular complexity index is 534. The van der Waals surface area contributed by atoms with E-state index >= 15 is 0 Å². The van der Waals surface area contributed by atoms with Gasteiger partial charge in [0, 0.05) is 17.2 Å². The molecule has 0 heterocycles. The number of halogens is 3. The summed E-state index contributed by atoms with van der Waals surface area (Å²) in [5.74, 6) is -1.86. The zero-order valence-electron chi connectivity index (χ0n) is 11.7. The van der Waals surface area contributed by atoms with Crippen LogP contribution in [0.4, 0.5) is 14.5 Å². The van der Waals surface area contributed by atoms with Crippen LogP contribution in [0.5, 0.6) is 0 Å². The van der Waals surface area contributed by atoms with Gasteiger partial charge in [0.05, 0.1) is 17.9 Å². The molecular formula is C14H18ClF2N3. The zero-order valence-corrected chi connectivity index (χ0v) is 12.4. The Kier molecular flexibility index (Phi) is 5.65. The summed E-state index contributed by atoms with van der Waals surface area (Å²) in [5.41, 5.74) is 7.18. The quantitative estimate of drug-likeness (QED) is 0.658. The summed E-state index contributed by atoms with van der Waals surface area (Å²) >= 11 is 5.48. The maximum atomic E-state index is 13.1. The molecule has 20 heavy (non-hydrogen) atoms. The highest BCUT2D eigenvalue weighted by Gasteiger charge is 2.14. The summed E-state index contributed by atoms with van der Waals surface area (Å²) in [5, 5.41) is 0. The van der Waals surface area contributed by atoms with Crippen molar-refractivity contribution < 1.29 is 8.78 Å². The fourth-order valence-corrected chi connectivity index (χ4v) is 1.44. The van der Waals surface area contributed by atoms with Gasteiger partial charge in [-0.25, -0.2) is 13.6 Å². The third-order valence-electron chi connectivity index (χ3n) is 2.61. The van der Waals surface area contributed by atoms with Crippen molar-refractivity contribution in [1.29, 1.82) is 0 Å². The van der Waals surface area contributed by atoms with Gasteiger partial charge in [0.1, 0.15) is 0 Å². The van der Waals surface area contributed by atoms with Gasteiger partial charge >= 0.3 is 0 Å². The molecule has 0 aliphatic carbocycles. The number of nitrogens with zero attached hydrogens (tertiary/aromatic N) is 1. The van der Waals surface area contributed by atoms with E-state index in [2.05, 4.69) is 9.83 Å². The molecule has 0 aromatic heterocycles. The molecule has 0 aliphatic rings. The minimum atomic E-state index is -0.947. The number of nitrogens with one attached hydrogen (secondary N) is 1. The van der Waals surface area contributed by atoms with Gasteiger partial charge in [-0.1, -0.05) is 20.8 Å². The Morgan fingerprint density at radius 1 is 1.35 bits per heavy atom. The lowest BCUT2D eigenvalue weighted by molar-refractivity contribution is 0.498. The Morgan fingerprint density at radius 3 is 2.50 bits per heavy atom. The van der Waals surface area contributed by atoms with E-state index in [-0.39, 0.29) is 12.0 Å². The van der Waals surface area contributed by atoms with E-state index in [4.69, 9.17) is 17.5 Å². The van der Waals surface area contributed by atoms with E-state index in [0.717, 1.165) is 12.1 Å². The second kappa shape index (κ2) is 6.81. The number of nitrogens with two attached hydrogens (primary N) is 1. The Labute approximate surface area is 122 Å². The molecule has 0 aliphatic heterocycles. The van der Waals surface area contributed by atoms with Crippen LogP contribution in [0.15, 0.2) is 35.0 Å². The van der Waals surface area contributed by atoms with Gasteiger partial charge in [0.2, 0.25) is 0 Å². The van der Waals surface area contributed by atoms with Crippen LogP contribution in [0, 0.1) is 17.0 Å². The van der Waals surface area contributed by atoms with Crippen LogP contribution >= 0.6 is 11.8 Å². The molecule has 0 unspecified atom stereocenters. The van der Waals surface area contributed by atoms with Gasteiger partial charge in [-0.3, -0.25) is 4.99 Å². The smallest absolute Gasteiger partial charge is 0.160 e. The molecule has 1 rings (SSSR count).